The zero-order chi connectivity index (χ0) is 17.8. The van der Waals surface area contributed by atoms with Crippen molar-refractivity contribution in [2.45, 2.75) is 11.7 Å². The van der Waals surface area contributed by atoms with Crippen LogP contribution in [0, 0.1) is 0 Å². The third-order valence-corrected chi connectivity index (χ3v) is 5.65. The molecule has 2 heterocycles. The minimum absolute atomic E-state index is 0.0877. The van der Waals surface area contributed by atoms with Crippen molar-refractivity contribution >= 4 is 67.9 Å². The van der Waals surface area contributed by atoms with E-state index < -0.39 is 5.25 Å². The molecule has 2 amide bonds. The lowest BCUT2D eigenvalue weighted by atomic mass is 10.3. The van der Waals surface area contributed by atoms with E-state index >= 15 is 0 Å². The number of amidine groups is 1. The molecule has 0 saturated carbocycles. The first kappa shape index (κ1) is 17.8. The van der Waals surface area contributed by atoms with Gasteiger partial charge in [-0.25, -0.2) is 4.90 Å². The van der Waals surface area contributed by atoms with E-state index in [4.69, 9.17) is 5.73 Å². The van der Waals surface area contributed by atoms with Gasteiger partial charge in [0, 0.05) is 15.8 Å². The first-order valence-electron chi connectivity index (χ1n) is 7.23. The van der Waals surface area contributed by atoms with Gasteiger partial charge >= 0.3 is 0 Å². The van der Waals surface area contributed by atoms with Gasteiger partial charge in [-0.05, 0) is 35.7 Å². The molecule has 0 aliphatic carbocycles. The normalized spacial score (nSPS) is 18.5. The van der Waals surface area contributed by atoms with Crippen molar-refractivity contribution < 1.29 is 9.59 Å². The molecule has 1 fully saturated rings. The van der Waals surface area contributed by atoms with Gasteiger partial charge in [-0.1, -0.05) is 33.8 Å². The molecule has 1 unspecified atom stereocenters. The van der Waals surface area contributed by atoms with Crippen LogP contribution in [0.4, 0.5) is 5.69 Å². The van der Waals surface area contributed by atoms with Crippen molar-refractivity contribution in [3.05, 3.63) is 51.1 Å². The molecule has 1 aromatic heterocycles. The number of nitrogens with zero attached hydrogens (tertiary/aromatic N) is 3. The second kappa shape index (κ2) is 7.94. The summed E-state index contributed by atoms with van der Waals surface area (Å²) in [6.07, 6.45) is 1.68. The van der Waals surface area contributed by atoms with Crippen molar-refractivity contribution in [3.8, 4) is 0 Å². The Morgan fingerprint density at radius 1 is 1.32 bits per heavy atom. The zero-order valence-corrected chi connectivity index (χ0v) is 16.1. The van der Waals surface area contributed by atoms with E-state index in [0.717, 1.165) is 21.1 Å². The van der Waals surface area contributed by atoms with Crippen LogP contribution in [0.15, 0.2) is 56.5 Å². The largest absolute Gasteiger partial charge is 0.377 e. The van der Waals surface area contributed by atoms with Crippen LogP contribution in [0.2, 0.25) is 0 Å². The molecular formula is C16H13BrN4O2S2. The van der Waals surface area contributed by atoms with E-state index in [1.54, 1.807) is 30.5 Å². The van der Waals surface area contributed by atoms with E-state index in [9.17, 15) is 9.59 Å². The Labute approximate surface area is 160 Å². The summed E-state index contributed by atoms with van der Waals surface area (Å²) < 4.78 is 0.876. The average molecular weight is 437 g/mol. The van der Waals surface area contributed by atoms with Gasteiger partial charge in [-0.15, -0.1) is 16.4 Å². The highest BCUT2D eigenvalue weighted by atomic mass is 79.9. The Bertz CT molecular complexity index is 834. The van der Waals surface area contributed by atoms with Gasteiger partial charge in [0.2, 0.25) is 11.8 Å². The van der Waals surface area contributed by atoms with Crippen molar-refractivity contribution in [1.82, 2.24) is 0 Å². The number of hydrogen-bond acceptors (Lipinski definition) is 6. The summed E-state index contributed by atoms with van der Waals surface area (Å²) in [7, 11) is 0. The lowest BCUT2D eigenvalue weighted by Gasteiger charge is -2.14. The fraction of sp³-hybridized carbons (Fsp3) is 0.125. The molecule has 1 aromatic carbocycles. The second-order valence-corrected chi connectivity index (χ2v) is 8.17. The van der Waals surface area contributed by atoms with E-state index in [-0.39, 0.29) is 23.4 Å². The zero-order valence-electron chi connectivity index (χ0n) is 12.8. The molecule has 3 rings (SSSR count). The topological polar surface area (TPSA) is 88.1 Å². The fourth-order valence-electron chi connectivity index (χ4n) is 2.23. The van der Waals surface area contributed by atoms with Gasteiger partial charge in [-0.3, -0.25) is 9.59 Å². The number of halogens is 1. The predicted molar refractivity (Wildman–Crippen MR) is 106 cm³/mol. The van der Waals surface area contributed by atoms with Gasteiger partial charge < -0.3 is 5.73 Å². The Morgan fingerprint density at radius 2 is 2.08 bits per heavy atom. The van der Waals surface area contributed by atoms with Gasteiger partial charge in [0.05, 0.1) is 11.9 Å². The third kappa shape index (κ3) is 4.36. The van der Waals surface area contributed by atoms with E-state index in [1.807, 2.05) is 17.5 Å². The number of thiophene rings is 1. The number of imide groups is 1. The van der Waals surface area contributed by atoms with E-state index in [0.29, 0.717) is 5.69 Å². The number of rotatable bonds is 4. The Morgan fingerprint density at radius 3 is 2.76 bits per heavy atom. The smallest absolute Gasteiger partial charge is 0.247 e. The molecule has 2 aromatic rings. The third-order valence-electron chi connectivity index (χ3n) is 3.34. The van der Waals surface area contributed by atoms with Crippen molar-refractivity contribution in [2.24, 2.45) is 15.9 Å². The Hall–Kier alpha value is -1.97. The number of nitrogens with two attached hydrogens (primary N) is 1. The monoisotopic (exact) mass is 436 g/mol. The summed E-state index contributed by atoms with van der Waals surface area (Å²) >= 11 is 5.92. The van der Waals surface area contributed by atoms with Crippen LogP contribution in [-0.2, 0) is 9.59 Å². The molecule has 1 atom stereocenters. The van der Waals surface area contributed by atoms with Crippen LogP contribution < -0.4 is 10.6 Å². The van der Waals surface area contributed by atoms with Gasteiger partial charge in [0.1, 0.15) is 5.25 Å². The van der Waals surface area contributed by atoms with Crippen LogP contribution in [0.5, 0.6) is 0 Å². The summed E-state index contributed by atoms with van der Waals surface area (Å²) in [6.45, 7) is 0. The van der Waals surface area contributed by atoms with Gasteiger partial charge in [0.25, 0.3) is 0 Å². The first-order valence-corrected chi connectivity index (χ1v) is 9.79. The molecule has 1 aliphatic rings. The van der Waals surface area contributed by atoms with Crippen LogP contribution in [0.3, 0.4) is 0 Å². The van der Waals surface area contributed by atoms with Crippen LogP contribution >= 0.6 is 39.0 Å². The molecule has 128 valence electrons. The predicted octanol–water partition coefficient (Wildman–Crippen LogP) is 3.22. The molecule has 1 saturated heterocycles. The maximum atomic E-state index is 12.5. The molecule has 0 bridgehead atoms. The van der Waals surface area contributed by atoms with E-state index in [2.05, 4.69) is 26.1 Å². The second-order valence-electron chi connectivity index (χ2n) is 5.05. The summed E-state index contributed by atoms with van der Waals surface area (Å²) in [5, 5.41) is 9.27. The lowest BCUT2D eigenvalue weighted by Crippen LogP contribution is -2.31. The standard InChI is InChI=1S/C16H13BrN4O2S2/c17-10-3-5-11(6-4-10)21-14(22)8-13(15(21)23)25-16(18)20-19-9-12-2-1-7-24-12/h1-7,9,13H,8H2,(H2,18,20)/b19-9+. The molecule has 1 aliphatic heterocycles. The molecular weight excluding hydrogens is 424 g/mol. The van der Waals surface area contributed by atoms with Gasteiger partial charge in [-0.2, -0.15) is 5.10 Å². The molecule has 2 N–H and O–H groups in total. The van der Waals surface area contributed by atoms with Crippen molar-refractivity contribution in [1.29, 1.82) is 0 Å². The highest BCUT2D eigenvalue weighted by Gasteiger charge is 2.40. The first-order chi connectivity index (χ1) is 12.0. The number of thioether (sulfide) groups is 1. The number of amides is 2. The maximum absolute atomic E-state index is 12.5. The summed E-state index contributed by atoms with van der Waals surface area (Å²) in [4.78, 5) is 26.9. The quantitative estimate of drug-likeness (QED) is 0.344. The number of carbonyl (C=O) groups excluding carboxylic acids is 2. The number of hydrogen-bond donors (Lipinski definition) is 1. The van der Waals surface area contributed by atoms with E-state index in [1.165, 1.54) is 16.2 Å². The number of benzene rings is 1. The fourth-order valence-corrected chi connectivity index (χ4v) is 3.90. The van der Waals surface area contributed by atoms with Crippen molar-refractivity contribution in [3.63, 3.8) is 0 Å². The van der Waals surface area contributed by atoms with Crippen LogP contribution in [-0.4, -0.2) is 28.4 Å². The van der Waals surface area contributed by atoms with Crippen LogP contribution in [0.25, 0.3) is 0 Å². The number of anilines is 1. The summed E-state index contributed by atoms with van der Waals surface area (Å²) in [5.74, 6) is -0.544. The molecule has 6 nitrogen and oxygen atoms in total. The SMILES string of the molecule is N/C(=N\N=C\c1cccs1)SC1CC(=O)N(c2ccc(Br)cc2)C1=O. The molecule has 0 spiro atoms. The average Bonchev–Trinajstić information content (AvgIpc) is 3.18. The van der Waals surface area contributed by atoms with Gasteiger partial charge in [0.15, 0.2) is 5.17 Å². The molecule has 0 radical (unpaired) electrons. The lowest BCUT2D eigenvalue weighted by molar-refractivity contribution is -0.121. The maximum Gasteiger partial charge on any atom is 0.247 e. The number of carbonyl (C=O) groups is 2. The molecule has 9 heteroatoms. The minimum Gasteiger partial charge on any atom is -0.377 e. The van der Waals surface area contributed by atoms with Crippen molar-refractivity contribution in [2.75, 3.05) is 4.90 Å². The highest BCUT2D eigenvalue weighted by Crippen LogP contribution is 2.30. The molecule has 25 heavy (non-hydrogen) atoms. The Balaban J connectivity index is 1.66. The minimum atomic E-state index is -0.586. The Kier molecular flexibility index (Phi) is 5.67. The summed E-state index contributed by atoms with van der Waals surface area (Å²) in [5.41, 5.74) is 6.37. The summed E-state index contributed by atoms with van der Waals surface area (Å²) in [6, 6.07) is 10.8. The highest BCUT2D eigenvalue weighted by molar-refractivity contribution is 9.10. The van der Waals surface area contributed by atoms with Crippen LogP contribution in [0.1, 0.15) is 11.3 Å².